The Morgan fingerprint density at radius 2 is 2.17 bits per heavy atom. The highest BCUT2D eigenvalue weighted by Crippen LogP contribution is 2.15. The predicted octanol–water partition coefficient (Wildman–Crippen LogP) is 1.57. The Morgan fingerprint density at radius 1 is 1.43 bits per heavy atom. The second-order valence-electron chi connectivity index (χ2n) is 5.96. The molecule has 1 fully saturated rings. The van der Waals surface area contributed by atoms with Crippen molar-refractivity contribution in [2.75, 3.05) is 39.5 Å². The molecular formula is C17H27N3O3. The van der Waals surface area contributed by atoms with Crippen LogP contribution < -0.4 is 10.1 Å². The maximum Gasteiger partial charge on any atom is 0.256 e. The van der Waals surface area contributed by atoms with E-state index < -0.39 is 0 Å². The fourth-order valence-corrected chi connectivity index (χ4v) is 2.80. The summed E-state index contributed by atoms with van der Waals surface area (Å²) in [4.78, 5) is 19.0. The molecule has 0 aromatic carbocycles. The Balaban J connectivity index is 1.98. The zero-order chi connectivity index (χ0) is 16.7. The fraction of sp³-hybridized carbons (Fsp3) is 0.647. The number of nitrogens with zero attached hydrogens (tertiary/aromatic N) is 2. The molecule has 0 bridgehead atoms. The largest absolute Gasteiger partial charge is 0.477 e. The van der Waals surface area contributed by atoms with Crippen LogP contribution in [0.25, 0.3) is 0 Å². The predicted molar refractivity (Wildman–Crippen MR) is 88.8 cm³/mol. The second-order valence-corrected chi connectivity index (χ2v) is 5.96. The number of nitrogens with one attached hydrogen (secondary N) is 1. The Morgan fingerprint density at radius 3 is 2.83 bits per heavy atom. The van der Waals surface area contributed by atoms with Gasteiger partial charge < -0.3 is 14.8 Å². The quantitative estimate of drug-likeness (QED) is 0.826. The molecule has 6 nitrogen and oxygen atoms in total. The van der Waals surface area contributed by atoms with Crippen molar-refractivity contribution in [3.05, 3.63) is 23.9 Å². The third kappa shape index (κ3) is 4.91. The van der Waals surface area contributed by atoms with Gasteiger partial charge in [-0.3, -0.25) is 9.69 Å². The number of hydrogen-bond acceptors (Lipinski definition) is 5. The molecule has 1 unspecified atom stereocenters. The maximum atomic E-state index is 12.5. The molecule has 0 saturated carbocycles. The van der Waals surface area contributed by atoms with Crippen molar-refractivity contribution >= 4 is 5.91 Å². The molecule has 1 aliphatic heterocycles. The summed E-state index contributed by atoms with van der Waals surface area (Å²) in [5, 5.41) is 3.04. The van der Waals surface area contributed by atoms with E-state index in [2.05, 4.69) is 29.0 Å². The lowest BCUT2D eigenvalue weighted by Crippen LogP contribution is -2.51. The Hall–Kier alpha value is -1.66. The molecule has 0 aliphatic carbocycles. The molecular weight excluding hydrogens is 294 g/mol. The van der Waals surface area contributed by atoms with Crippen LogP contribution >= 0.6 is 0 Å². The molecule has 0 spiro atoms. The summed E-state index contributed by atoms with van der Waals surface area (Å²) in [7, 11) is 0. The maximum absolute atomic E-state index is 12.5. The Labute approximate surface area is 138 Å². The number of amides is 1. The van der Waals surface area contributed by atoms with Gasteiger partial charge in [0.15, 0.2) is 0 Å². The second kappa shape index (κ2) is 8.84. The van der Waals surface area contributed by atoms with Gasteiger partial charge in [-0.1, -0.05) is 13.8 Å². The molecule has 128 valence electrons. The molecule has 1 aromatic heterocycles. The lowest BCUT2D eigenvalue weighted by Gasteiger charge is -2.36. The molecule has 1 aliphatic rings. The van der Waals surface area contributed by atoms with Crippen molar-refractivity contribution in [3.63, 3.8) is 0 Å². The summed E-state index contributed by atoms with van der Waals surface area (Å²) >= 11 is 0. The number of rotatable bonds is 7. The van der Waals surface area contributed by atoms with Crippen LogP contribution in [0.15, 0.2) is 18.3 Å². The average molecular weight is 321 g/mol. The van der Waals surface area contributed by atoms with Crippen LogP contribution in [0.4, 0.5) is 0 Å². The minimum atomic E-state index is -0.138. The van der Waals surface area contributed by atoms with Gasteiger partial charge in [-0.2, -0.15) is 0 Å². The van der Waals surface area contributed by atoms with Crippen molar-refractivity contribution in [1.29, 1.82) is 0 Å². The molecule has 1 atom stereocenters. The monoisotopic (exact) mass is 321 g/mol. The highest BCUT2D eigenvalue weighted by Gasteiger charge is 2.25. The molecule has 2 rings (SSSR count). The first-order chi connectivity index (χ1) is 11.1. The lowest BCUT2D eigenvalue weighted by molar-refractivity contribution is 0.00672. The van der Waals surface area contributed by atoms with Crippen LogP contribution in [0.3, 0.4) is 0 Å². The van der Waals surface area contributed by atoms with Gasteiger partial charge in [0, 0.05) is 31.9 Å². The number of pyridine rings is 1. The highest BCUT2D eigenvalue weighted by molar-refractivity contribution is 5.96. The van der Waals surface area contributed by atoms with Crippen LogP contribution in [0, 0.1) is 5.92 Å². The number of carbonyl (C=O) groups excluding carboxylic acids is 1. The van der Waals surface area contributed by atoms with E-state index in [9.17, 15) is 4.79 Å². The van der Waals surface area contributed by atoms with E-state index in [1.807, 2.05) is 6.92 Å². The molecule has 23 heavy (non-hydrogen) atoms. The standard InChI is InChI=1S/C17H27N3O3/c1-4-23-17-14(6-5-7-18-17)16(21)19-12-15(13(2)3)20-8-10-22-11-9-20/h5-7,13,15H,4,8-12H2,1-3H3,(H,19,21). The fourth-order valence-electron chi connectivity index (χ4n) is 2.80. The normalized spacial score (nSPS) is 17.0. The van der Waals surface area contributed by atoms with Crippen LogP contribution in [0.1, 0.15) is 31.1 Å². The van der Waals surface area contributed by atoms with E-state index in [0.29, 0.717) is 36.6 Å². The van der Waals surface area contributed by atoms with Gasteiger partial charge in [0.25, 0.3) is 5.91 Å². The van der Waals surface area contributed by atoms with Gasteiger partial charge >= 0.3 is 0 Å². The Kier molecular flexibility index (Phi) is 6.80. The Bertz CT molecular complexity index is 502. The lowest BCUT2D eigenvalue weighted by atomic mass is 10.0. The van der Waals surface area contributed by atoms with Crippen LogP contribution in [-0.2, 0) is 4.74 Å². The van der Waals surface area contributed by atoms with E-state index in [1.165, 1.54) is 0 Å². The van der Waals surface area contributed by atoms with Gasteiger partial charge in [-0.15, -0.1) is 0 Å². The summed E-state index contributed by atoms with van der Waals surface area (Å²) < 4.78 is 10.8. The van der Waals surface area contributed by atoms with Crippen molar-refractivity contribution in [2.45, 2.75) is 26.8 Å². The molecule has 0 radical (unpaired) electrons. The average Bonchev–Trinajstić information content (AvgIpc) is 2.56. The number of carbonyl (C=O) groups is 1. The van der Waals surface area contributed by atoms with Crippen LogP contribution in [-0.4, -0.2) is 61.3 Å². The first kappa shape index (κ1) is 17.7. The minimum absolute atomic E-state index is 0.138. The van der Waals surface area contributed by atoms with E-state index in [-0.39, 0.29) is 5.91 Å². The van der Waals surface area contributed by atoms with Gasteiger partial charge in [0.05, 0.1) is 19.8 Å². The zero-order valence-electron chi connectivity index (χ0n) is 14.2. The summed E-state index contributed by atoms with van der Waals surface area (Å²) in [5.74, 6) is 0.703. The van der Waals surface area contributed by atoms with Crippen LogP contribution in [0.2, 0.25) is 0 Å². The van der Waals surface area contributed by atoms with Crippen molar-refractivity contribution in [2.24, 2.45) is 5.92 Å². The van der Waals surface area contributed by atoms with E-state index in [4.69, 9.17) is 9.47 Å². The first-order valence-corrected chi connectivity index (χ1v) is 8.31. The minimum Gasteiger partial charge on any atom is -0.477 e. The van der Waals surface area contributed by atoms with E-state index in [0.717, 1.165) is 26.3 Å². The van der Waals surface area contributed by atoms with Gasteiger partial charge in [0.1, 0.15) is 5.56 Å². The van der Waals surface area contributed by atoms with Gasteiger partial charge in [-0.25, -0.2) is 4.98 Å². The van der Waals surface area contributed by atoms with Crippen LogP contribution in [0.5, 0.6) is 5.88 Å². The summed E-state index contributed by atoms with van der Waals surface area (Å²) in [6.07, 6.45) is 1.63. The van der Waals surface area contributed by atoms with E-state index >= 15 is 0 Å². The first-order valence-electron chi connectivity index (χ1n) is 8.31. The summed E-state index contributed by atoms with van der Waals surface area (Å²) in [6, 6.07) is 3.79. The highest BCUT2D eigenvalue weighted by atomic mass is 16.5. The smallest absolute Gasteiger partial charge is 0.256 e. The third-order valence-electron chi connectivity index (χ3n) is 4.05. The molecule has 1 amide bonds. The van der Waals surface area contributed by atoms with Crippen molar-refractivity contribution < 1.29 is 14.3 Å². The number of ether oxygens (including phenoxy) is 2. The molecule has 1 N–H and O–H groups in total. The number of hydrogen-bond donors (Lipinski definition) is 1. The van der Waals surface area contributed by atoms with Gasteiger partial charge in [0.2, 0.25) is 5.88 Å². The molecule has 2 heterocycles. The number of morpholine rings is 1. The van der Waals surface area contributed by atoms with Crippen molar-refractivity contribution in [1.82, 2.24) is 15.2 Å². The molecule has 6 heteroatoms. The third-order valence-corrected chi connectivity index (χ3v) is 4.05. The topological polar surface area (TPSA) is 63.7 Å². The van der Waals surface area contributed by atoms with E-state index in [1.54, 1.807) is 18.3 Å². The number of aromatic nitrogens is 1. The summed E-state index contributed by atoms with van der Waals surface area (Å²) in [6.45, 7) is 10.7. The SMILES string of the molecule is CCOc1ncccc1C(=O)NCC(C(C)C)N1CCOCC1. The van der Waals surface area contributed by atoms with Gasteiger partial charge in [-0.05, 0) is 25.0 Å². The molecule has 1 aromatic rings. The zero-order valence-corrected chi connectivity index (χ0v) is 14.2. The van der Waals surface area contributed by atoms with Crippen molar-refractivity contribution in [3.8, 4) is 5.88 Å². The summed E-state index contributed by atoms with van der Waals surface area (Å²) in [5.41, 5.74) is 0.485. The molecule has 1 saturated heterocycles.